The van der Waals surface area contributed by atoms with E-state index >= 15 is 0 Å². The van der Waals surface area contributed by atoms with Crippen LogP contribution in [0.2, 0.25) is 0 Å². The van der Waals surface area contributed by atoms with Crippen molar-refractivity contribution in [2.24, 2.45) is 0 Å². The van der Waals surface area contributed by atoms with Crippen LogP contribution in [-0.4, -0.2) is 57.4 Å². The van der Waals surface area contributed by atoms with Crippen LogP contribution in [0.25, 0.3) is 0 Å². The topological polar surface area (TPSA) is 93.1 Å². The molecular weight excluding hydrogens is 310 g/mol. The first-order valence-corrected chi connectivity index (χ1v) is 7.68. The number of carboxylic acid groups (broad SMARTS) is 1. The van der Waals surface area contributed by atoms with Crippen LogP contribution in [0.15, 0.2) is 12.7 Å². The molecule has 0 aromatic heterocycles. The molecule has 1 heterocycles. The van der Waals surface area contributed by atoms with Crippen LogP contribution < -0.4 is 0 Å². The lowest BCUT2D eigenvalue weighted by Gasteiger charge is -2.21. The van der Waals surface area contributed by atoms with Gasteiger partial charge in [0.1, 0.15) is 18.2 Å². The molecule has 0 spiro atoms. The number of hydrogen-bond donors (Lipinski definition) is 1. The number of carbonyl (C=O) groups is 3. The van der Waals surface area contributed by atoms with Crippen LogP contribution in [0.5, 0.6) is 0 Å². The average molecular weight is 331 g/mol. The Labute approximate surface area is 133 Å². The Balaban J connectivity index is 2.66. The number of nitrogens with zero attached hydrogens (tertiary/aromatic N) is 1. The summed E-state index contributed by atoms with van der Waals surface area (Å²) < 4.78 is 10.1. The molecule has 2 atom stereocenters. The summed E-state index contributed by atoms with van der Waals surface area (Å²) >= 11 is 0.906. The second kappa shape index (κ2) is 7.53. The van der Waals surface area contributed by atoms with Crippen LogP contribution >= 0.6 is 11.8 Å². The van der Waals surface area contributed by atoms with Crippen LogP contribution in [0, 0.1) is 0 Å². The fourth-order valence-electron chi connectivity index (χ4n) is 1.94. The number of carbonyl (C=O) groups excluding carboxylic acids is 2. The van der Waals surface area contributed by atoms with Crippen LogP contribution in [0.1, 0.15) is 27.2 Å². The maximum absolute atomic E-state index is 11.8. The summed E-state index contributed by atoms with van der Waals surface area (Å²) in [5, 5.41) is 8.38. The van der Waals surface area contributed by atoms with Gasteiger partial charge in [-0.15, -0.1) is 0 Å². The highest BCUT2D eigenvalue weighted by atomic mass is 32.2. The van der Waals surface area contributed by atoms with Gasteiger partial charge in [-0.3, -0.25) is 4.90 Å². The average Bonchev–Trinajstić information content (AvgIpc) is 2.77. The van der Waals surface area contributed by atoms with Crippen molar-refractivity contribution < 1.29 is 29.0 Å². The first-order valence-electron chi connectivity index (χ1n) is 6.80. The Morgan fingerprint density at radius 3 is 2.55 bits per heavy atom. The van der Waals surface area contributed by atoms with Gasteiger partial charge in [0.25, 0.3) is 0 Å². The normalized spacial score (nSPS) is 21.3. The van der Waals surface area contributed by atoms with Gasteiger partial charge in [0.15, 0.2) is 0 Å². The Kier molecular flexibility index (Phi) is 6.28. The number of ether oxygens (including phenoxy) is 2. The molecule has 0 radical (unpaired) electrons. The smallest absolute Gasteiger partial charge is 0.410 e. The fourth-order valence-corrected chi connectivity index (χ4v) is 3.03. The van der Waals surface area contributed by atoms with Gasteiger partial charge in [-0.25, -0.2) is 14.4 Å². The summed E-state index contributed by atoms with van der Waals surface area (Å²) in [6, 6.07) is -1.00. The van der Waals surface area contributed by atoms with Gasteiger partial charge >= 0.3 is 17.4 Å². The van der Waals surface area contributed by atoms with E-state index in [0.29, 0.717) is 0 Å². The molecule has 0 bridgehead atoms. The van der Waals surface area contributed by atoms with Crippen molar-refractivity contribution >= 4 is 29.1 Å². The molecule has 0 saturated carbocycles. The molecule has 22 heavy (non-hydrogen) atoms. The van der Waals surface area contributed by atoms with Gasteiger partial charge in [0.05, 0.1) is 0 Å². The molecule has 8 heteroatoms. The first kappa shape index (κ1) is 18.3. The summed E-state index contributed by atoms with van der Waals surface area (Å²) in [4.78, 5) is 36.0. The van der Waals surface area contributed by atoms with Gasteiger partial charge in [0.2, 0.25) is 0 Å². The molecule has 1 aliphatic rings. The molecule has 1 aliphatic heterocycles. The van der Waals surface area contributed by atoms with Crippen LogP contribution in [0.3, 0.4) is 0 Å². The van der Waals surface area contributed by atoms with Gasteiger partial charge < -0.3 is 14.6 Å². The van der Waals surface area contributed by atoms with Crippen molar-refractivity contribution in [3.63, 3.8) is 0 Å². The number of likely N-dealkylation sites (tertiary alicyclic amines) is 1. The van der Waals surface area contributed by atoms with E-state index in [0.717, 1.165) is 16.7 Å². The molecular formula is C14H21NO6S. The third-order valence-electron chi connectivity index (χ3n) is 2.76. The highest BCUT2D eigenvalue weighted by Gasteiger charge is 2.42. The molecule has 0 aromatic rings. The first-order chi connectivity index (χ1) is 10.1. The zero-order chi connectivity index (χ0) is 16.9. The number of amides is 1. The second-order valence-electron chi connectivity index (χ2n) is 5.81. The van der Waals surface area contributed by atoms with Gasteiger partial charge in [0, 0.05) is 11.8 Å². The predicted octanol–water partition coefficient (Wildman–Crippen LogP) is 2.50. The minimum Gasteiger partial charge on any atom is -0.480 e. The molecule has 1 amide bonds. The monoisotopic (exact) mass is 331 g/mol. The third-order valence-corrected chi connectivity index (χ3v) is 3.71. The standard InChI is InChI=1S/C14H21NO6S/c1-5-6-20-12(18)15-8-9(7-10(15)11(16)17)22-13(19)21-14(2,3)4/h5,9-10H,1,6-8H2,2-4H3,(H,16,17)/t9-,10-/m0/s1. The van der Waals surface area contributed by atoms with Gasteiger partial charge in [-0.2, -0.15) is 0 Å². The quantitative estimate of drug-likeness (QED) is 0.625. The van der Waals surface area contributed by atoms with E-state index < -0.39 is 29.0 Å². The molecule has 0 unspecified atom stereocenters. The Hall–Kier alpha value is -1.70. The van der Waals surface area contributed by atoms with Crippen molar-refractivity contribution in [1.82, 2.24) is 4.90 Å². The van der Waals surface area contributed by atoms with Crippen molar-refractivity contribution in [3.8, 4) is 0 Å². The fraction of sp³-hybridized carbons (Fsp3) is 0.643. The zero-order valence-electron chi connectivity index (χ0n) is 12.9. The SMILES string of the molecule is C=CCOC(=O)N1C[C@@H](SC(=O)OC(C)(C)C)C[C@H]1C(=O)O. The summed E-state index contributed by atoms with van der Waals surface area (Å²) in [5.74, 6) is -1.12. The highest BCUT2D eigenvalue weighted by molar-refractivity contribution is 8.13. The zero-order valence-corrected chi connectivity index (χ0v) is 13.7. The minimum atomic E-state index is -1.12. The third kappa shape index (κ3) is 5.59. The largest absolute Gasteiger partial charge is 0.480 e. The van der Waals surface area contributed by atoms with E-state index in [4.69, 9.17) is 9.47 Å². The van der Waals surface area contributed by atoms with E-state index in [1.54, 1.807) is 20.8 Å². The van der Waals surface area contributed by atoms with Crippen molar-refractivity contribution in [3.05, 3.63) is 12.7 Å². The second-order valence-corrected chi connectivity index (χ2v) is 7.05. The van der Waals surface area contributed by atoms with Crippen molar-refractivity contribution in [2.45, 2.75) is 44.1 Å². The molecule has 1 fully saturated rings. The summed E-state index contributed by atoms with van der Waals surface area (Å²) in [7, 11) is 0. The van der Waals surface area contributed by atoms with Crippen LogP contribution in [0.4, 0.5) is 9.59 Å². The van der Waals surface area contributed by atoms with E-state index in [2.05, 4.69) is 6.58 Å². The lowest BCUT2D eigenvalue weighted by Crippen LogP contribution is -2.40. The predicted molar refractivity (Wildman–Crippen MR) is 81.9 cm³/mol. The lowest BCUT2D eigenvalue weighted by molar-refractivity contribution is -0.141. The van der Waals surface area contributed by atoms with Gasteiger partial charge in [-0.05, 0) is 39.0 Å². The Morgan fingerprint density at radius 1 is 1.41 bits per heavy atom. The molecule has 1 rings (SSSR count). The van der Waals surface area contributed by atoms with Crippen LogP contribution in [-0.2, 0) is 14.3 Å². The summed E-state index contributed by atoms with van der Waals surface area (Å²) in [5.41, 5.74) is -0.614. The van der Waals surface area contributed by atoms with Crippen molar-refractivity contribution in [2.75, 3.05) is 13.2 Å². The van der Waals surface area contributed by atoms with Crippen molar-refractivity contribution in [1.29, 1.82) is 0 Å². The molecule has 0 aromatic carbocycles. The number of thioether (sulfide) groups is 1. The summed E-state index contributed by atoms with van der Waals surface area (Å²) in [6.07, 6.45) is 0.846. The van der Waals surface area contributed by atoms with Gasteiger partial charge in [-0.1, -0.05) is 12.7 Å². The maximum Gasteiger partial charge on any atom is 0.410 e. The number of hydrogen-bond acceptors (Lipinski definition) is 6. The van der Waals surface area contributed by atoms with E-state index in [1.807, 2.05) is 0 Å². The maximum atomic E-state index is 11.8. The van der Waals surface area contributed by atoms with E-state index in [1.165, 1.54) is 6.08 Å². The van der Waals surface area contributed by atoms with E-state index in [-0.39, 0.29) is 24.8 Å². The number of aliphatic carboxylic acids is 1. The molecule has 0 aliphatic carbocycles. The minimum absolute atomic E-state index is 0.00550. The molecule has 1 saturated heterocycles. The number of rotatable bonds is 4. The Morgan fingerprint density at radius 2 is 2.05 bits per heavy atom. The summed E-state index contributed by atoms with van der Waals surface area (Å²) in [6.45, 7) is 8.80. The lowest BCUT2D eigenvalue weighted by atomic mass is 10.2. The molecule has 7 nitrogen and oxygen atoms in total. The Bertz CT molecular complexity index is 459. The molecule has 1 N–H and O–H groups in total. The molecule has 124 valence electrons. The van der Waals surface area contributed by atoms with E-state index in [9.17, 15) is 19.5 Å². The highest BCUT2D eigenvalue weighted by Crippen LogP contribution is 2.30. The number of carboxylic acids is 1.